The van der Waals surface area contributed by atoms with Gasteiger partial charge in [0.15, 0.2) is 0 Å². The molecule has 0 saturated carbocycles. The quantitative estimate of drug-likeness (QED) is 0.639. The minimum Gasteiger partial charge on any atom is -0.497 e. The first-order valence-corrected chi connectivity index (χ1v) is 9.24. The van der Waals surface area contributed by atoms with Crippen LogP contribution < -0.4 is 4.74 Å². The Hall–Kier alpha value is -2.57. The van der Waals surface area contributed by atoms with Crippen molar-refractivity contribution in [3.8, 4) is 17.6 Å². The summed E-state index contributed by atoms with van der Waals surface area (Å²) in [5.41, 5.74) is 6.03. The Morgan fingerprint density at radius 1 is 1.19 bits per heavy atom. The van der Waals surface area contributed by atoms with Crippen molar-refractivity contribution in [1.29, 1.82) is 0 Å². The van der Waals surface area contributed by atoms with Crippen LogP contribution in [0.1, 0.15) is 48.8 Å². The molecule has 134 valence electrons. The van der Waals surface area contributed by atoms with E-state index < -0.39 is 0 Å². The number of benzene rings is 1. The summed E-state index contributed by atoms with van der Waals surface area (Å²) >= 11 is 0. The number of aliphatic hydroxyl groups is 1. The number of allylic oxidation sites excluding steroid dienone is 2. The molecule has 0 atom stereocenters. The molecule has 0 amide bonds. The number of aliphatic hydroxyl groups excluding tert-OH is 1. The molecule has 1 aliphatic carbocycles. The van der Waals surface area contributed by atoms with Crippen molar-refractivity contribution in [2.45, 2.75) is 38.5 Å². The number of hydrogen-bond donors (Lipinski definition) is 1. The van der Waals surface area contributed by atoms with Crippen molar-refractivity contribution >= 4 is 11.1 Å². The molecule has 0 spiro atoms. The van der Waals surface area contributed by atoms with E-state index in [0.717, 1.165) is 55.4 Å². The van der Waals surface area contributed by atoms with Crippen LogP contribution in [0.5, 0.6) is 5.75 Å². The van der Waals surface area contributed by atoms with Crippen molar-refractivity contribution in [2.24, 2.45) is 0 Å². The second kappa shape index (κ2) is 9.22. The van der Waals surface area contributed by atoms with Gasteiger partial charge < -0.3 is 9.84 Å². The van der Waals surface area contributed by atoms with Crippen molar-refractivity contribution in [3.63, 3.8) is 0 Å². The third-order valence-electron chi connectivity index (χ3n) is 4.69. The predicted molar refractivity (Wildman–Crippen MR) is 106 cm³/mol. The number of fused-ring (bicyclic) bond motifs is 1. The molecular weight excluding hydrogens is 322 g/mol. The van der Waals surface area contributed by atoms with E-state index in [-0.39, 0.29) is 6.61 Å². The van der Waals surface area contributed by atoms with Crippen LogP contribution in [0, 0.1) is 11.8 Å². The molecule has 3 heteroatoms. The zero-order valence-corrected chi connectivity index (χ0v) is 15.3. The van der Waals surface area contributed by atoms with Crippen LogP contribution in [-0.4, -0.2) is 23.8 Å². The minimum atomic E-state index is 0.230. The summed E-state index contributed by atoms with van der Waals surface area (Å²) in [5.74, 6) is 7.65. The first kappa shape index (κ1) is 18.2. The summed E-state index contributed by atoms with van der Waals surface area (Å²) in [5, 5.41) is 8.95. The van der Waals surface area contributed by atoms with Crippen LogP contribution in [-0.2, 0) is 6.42 Å². The largest absolute Gasteiger partial charge is 0.497 e. The van der Waals surface area contributed by atoms with Gasteiger partial charge in [-0.1, -0.05) is 17.9 Å². The van der Waals surface area contributed by atoms with E-state index in [2.05, 4.69) is 35.0 Å². The topological polar surface area (TPSA) is 42.4 Å². The molecule has 1 aromatic heterocycles. The van der Waals surface area contributed by atoms with Gasteiger partial charge >= 0.3 is 0 Å². The van der Waals surface area contributed by atoms with E-state index >= 15 is 0 Å². The van der Waals surface area contributed by atoms with Crippen molar-refractivity contribution < 1.29 is 9.84 Å². The van der Waals surface area contributed by atoms with Gasteiger partial charge in [0.1, 0.15) is 5.75 Å². The molecule has 2 aromatic rings. The van der Waals surface area contributed by atoms with Gasteiger partial charge in [-0.2, -0.15) is 0 Å². The normalized spacial score (nSPS) is 13.5. The molecule has 0 fully saturated rings. The maximum atomic E-state index is 8.95. The maximum Gasteiger partial charge on any atom is 0.119 e. The molecule has 1 aliphatic rings. The smallest absolute Gasteiger partial charge is 0.119 e. The van der Waals surface area contributed by atoms with Crippen LogP contribution in [0.4, 0.5) is 0 Å². The molecule has 1 aromatic carbocycles. The lowest BCUT2D eigenvalue weighted by Crippen LogP contribution is -1.94. The Morgan fingerprint density at radius 2 is 2.12 bits per heavy atom. The standard InChI is InChI=1S/C23H25NO2/c1-26-20-12-13-22-18(16-20)8-6-11-21(19-9-7-14-24-17-19)23(22)10-4-2-3-5-15-25/h7,9,12-14,16-17,25H,2-3,5-6,8,11,15H2,1H3. The molecule has 0 bridgehead atoms. The second-order valence-electron chi connectivity index (χ2n) is 6.45. The number of ether oxygens (including phenoxy) is 1. The number of aromatic nitrogens is 1. The Balaban J connectivity index is 2.06. The summed E-state index contributed by atoms with van der Waals surface area (Å²) < 4.78 is 5.41. The Labute approximate surface area is 155 Å². The number of nitrogens with zero attached hydrogens (tertiary/aromatic N) is 1. The third kappa shape index (κ3) is 4.33. The van der Waals surface area contributed by atoms with Crippen molar-refractivity contribution in [1.82, 2.24) is 4.98 Å². The molecule has 0 saturated heterocycles. The first-order chi connectivity index (χ1) is 12.8. The summed E-state index contributed by atoms with van der Waals surface area (Å²) in [4.78, 5) is 4.30. The lowest BCUT2D eigenvalue weighted by Gasteiger charge is -2.11. The molecule has 0 aliphatic heterocycles. The van der Waals surface area contributed by atoms with Gasteiger partial charge in [-0.3, -0.25) is 4.98 Å². The van der Waals surface area contributed by atoms with Crippen LogP contribution in [0.15, 0.2) is 42.7 Å². The summed E-state index contributed by atoms with van der Waals surface area (Å²) in [6.07, 6.45) is 9.36. The number of hydrogen-bond acceptors (Lipinski definition) is 3. The van der Waals surface area contributed by atoms with Crippen LogP contribution in [0.3, 0.4) is 0 Å². The lowest BCUT2D eigenvalue weighted by atomic mass is 9.93. The number of methoxy groups -OCH3 is 1. The van der Waals surface area contributed by atoms with Gasteiger partial charge in [-0.25, -0.2) is 0 Å². The number of rotatable bonds is 5. The summed E-state index contributed by atoms with van der Waals surface area (Å²) in [6, 6.07) is 10.4. The predicted octanol–water partition coefficient (Wildman–Crippen LogP) is 4.50. The fourth-order valence-electron chi connectivity index (χ4n) is 3.34. The van der Waals surface area contributed by atoms with Gasteiger partial charge in [0.05, 0.1) is 7.11 Å². The van der Waals surface area contributed by atoms with E-state index in [1.165, 1.54) is 16.7 Å². The summed E-state index contributed by atoms with van der Waals surface area (Å²) in [7, 11) is 1.71. The van der Waals surface area contributed by atoms with E-state index in [9.17, 15) is 0 Å². The number of unbranched alkanes of at least 4 members (excludes halogenated alkanes) is 2. The molecule has 3 rings (SSSR count). The molecule has 0 unspecified atom stereocenters. The van der Waals surface area contributed by atoms with E-state index in [4.69, 9.17) is 9.84 Å². The molecule has 1 heterocycles. The minimum absolute atomic E-state index is 0.230. The molecule has 1 N–H and O–H groups in total. The maximum absolute atomic E-state index is 8.95. The Bertz CT molecular complexity index is 828. The van der Waals surface area contributed by atoms with E-state index in [0.29, 0.717) is 0 Å². The van der Waals surface area contributed by atoms with Gasteiger partial charge in [0.2, 0.25) is 0 Å². The number of aryl methyl sites for hydroxylation is 1. The molecular formula is C23H25NO2. The average Bonchev–Trinajstić information content (AvgIpc) is 2.87. The third-order valence-corrected chi connectivity index (χ3v) is 4.69. The van der Waals surface area contributed by atoms with E-state index in [1.807, 2.05) is 18.3 Å². The van der Waals surface area contributed by atoms with Crippen molar-refractivity contribution in [3.05, 3.63) is 59.4 Å². The molecule has 3 nitrogen and oxygen atoms in total. The van der Waals surface area contributed by atoms with E-state index in [1.54, 1.807) is 13.3 Å². The van der Waals surface area contributed by atoms with Crippen LogP contribution in [0.25, 0.3) is 11.1 Å². The lowest BCUT2D eigenvalue weighted by molar-refractivity contribution is 0.285. The van der Waals surface area contributed by atoms with Gasteiger partial charge in [-0.15, -0.1) is 0 Å². The summed E-state index contributed by atoms with van der Waals surface area (Å²) in [6.45, 7) is 0.230. The average molecular weight is 347 g/mol. The first-order valence-electron chi connectivity index (χ1n) is 9.24. The van der Waals surface area contributed by atoms with Crippen LogP contribution >= 0.6 is 0 Å². The Morgan fingerprint density at radius 3 is 2.88 bits per heavy atom. The van der Waals surface area contributed by atoms with Gasteiger partial charge in [-0.05, 0) is 78.6 Å². The van der Waals surface area contributed by atoms with Crippen molar-refractivity contribution in [2.75, 3.05) is 13.7 Å². The monoisotopic (exact) mass is 347 g/mol. The van der Waals surface area contributed by atoms with Gasteiger partial charge in [0, 0.05) is 31.0 Å². The Kier molecular flexibility index (Phi) is 6.46. The highest BCUT2D eigenvalue weighted by atomic mass is 16.5. The molecule has 0 radical (unpaired) electrons. The second-order valence-corrected chi connectivity index (χ2v) is 6.45. The SMILES string of the molecule is COc1ccc2c(c1)CCCC(c1cccnc1)=C2C#CCCCCO. The van der Waals surface area contributed by atoms with Crippen LogP contribution in [0.2, 0.25) is 0 Å². The highest BCUT2D eigenvalue weighted by Gasteiger charge is 2.18. The fraction of sp³-hybridized carbons (Fsp3) is 0.348. The highest BCUT2D eigenvalue weighted by Crippen LogP contribution is 2.36. The zero-order chi connectivity index (χ0) is 18.2. The molecule has 26 heavy (non-hydrogen) atoms. The fourth-order valence-corrected chi connectivity index (χ4v) is 3.34. The highest BCUT2D eigenvalue weighted by molar-refractivity contribution is 5.99. The van der Waals surface area contributed by atoms with Gasteiger partial charge in [0.25, 0.3) is 0 Å². The number of pyridine rings is 1. The zero-order valence-electron chi connectivity index (χ0n) is 15.3.